The summed E-state index contributed by atoms with van der Waals surface area (Å²) in [5.74, 6) is 6.53. The molecule has 0 spiro atoms. The second-order valence-corrected chi connectivity index (χ2v) is 3.02. The van der Waals surface area contributed by atoms with Gasteiger partial charge in [-0.2, -0.15) is 0 Å². The van der Waals surface area contributed by atoms with E-state index in [1.54, 1.807) is 0 Å². The van der Waals surface area contributed by atoms with Crippen LogP contribution in [0.3, 0.4) is 0 Å². The summed E-state index contributed by atoms with van der Waals surface area (Å²) in [6.45, 7) is 2.39. The van der Waals surface area contributed by atoms with Gasteiger partial charge >= 0.3 is 0 Å². The maximum atomic E-state index is 5.45. The first-order valence-corrected chi connectivity index (χ1v) is 4.58. The van der Waals surface area contributed by atoms with Crippen molar-refractivity contribution in [3.05, 3.63) is 35.9 Å². The van der Waals surface area contributed by atoms with Crippen molar-refractivity contribution < 1.29 is 4.74 Å². The van der Waals surface area contributed by atoms with Crippen LogP contribution < -0.4 is 0 Å². The van der Waals surface area contributed by atoms with Crippen molar-refractivity contribution in [2.45, 2.75) is 13.0 Å². The summed E-state index contributed by atoms with van der Waals surface area (Å²) in [5.41, 5.74) is 1.02. The van der Waals surface area contributed by atoms with Gasteiger partial charge in [-0.3, -0.25) is 0 Å². The smallest absolute Gasteiger partial charge is 0.217 e. The third-order valence-corrected chi connectivity index (χ3v) is 1.98. The number of ether oxygens (including phenoxy) is 1. The number of benzene rings is 1. The van der Waals surface area contributed by atoms with E-state index < -0.39 is 0 Å². The maximum Gasteiger partial charge on any atom is 0.217 e. The number of aliphatic imine (C=N–C) groups is 1. The summed E-state index contributed by atoms with van der Waals surface area (Å²) in [4.78, 5) is 4.37. The van der Waals surface area contributed by atoms with Gasteiger partial charge in [-0.15, -0.1) is 5.92 Å². The van der Waals surface area contributed by atoms with Crippen molar-refractivity contribution in [3.63, 3.8) is 0 Å². The molecule has 0 fully saturated rings. The van der Waals surface area contributed by atoms with Crippen LogP contribution in [0.4, 0.5) is 0 Å². The monoisotopic (exact) mass is 185 g/mol. The van der Waals surface area contributed by atoms with Crippen LogP contribution in [0.5, 0.6) is 0 Å². The molecule has 70 valence electrons. The average molecular weight is 185 g/mol. The summed E-state index contributed by atoms with van der Waals surface area (Å²) in [7, 11) is 0. The number of hydrogen-bond acceptors (Lipinski definition) is 2. The van der Waals surface area contributed by atoms with Gasteiger partial charge in [0.05, 0.1) is 0 Å². The Bertz CT molecular complexity index is 397. The SMILES string of the molecule is CC#C[C@@H]1COC(c2ccccc2)=N1. The number of rotatable bonds is 1. The fraction of sp³-hybridized carbons (Fsp3) is 0.250. The van der Waals surface area contributed by atoms with Gasteiger partial charge in [-0.1, -0.05) is 24.1 Å². The highest BCUT2D eigenvalue weighted by molar-refractivity contribution is 5.95. The van der Waals surface area contributed by atoms with E-state index in [1.807, 2.05) is 37.3 Å². The molecule has 0 saturated heterocycles. The first kappa shape index (κ1) is 8.83. The molecule has 0 N–H and O–H groups in total. The predicted molar refractivity (Wildman–Crippen MR) is 56.2 cm³/mol. The summed E-state index contributed by atoms with van der Waals surface area (Å²) < 4.78 is 5.45. The highest BCUT2D eigenvalue weighted by Crippen LogP contribution is 2.10. The van der Waals surface area contributed by atoms with E-state index in [9.17, 15) is 0 Å². The minimum Gasteiger partial charge on any atom is -0.474 e. The molecule has 0 radical (unpaired) electrons. The van der Waals surface area contributed by atoms with Crippen LogP contribution in [0.25, 0.3) is 0 Å². The lowest BCUT2D eigenvalue weighted by molar-refractivity contribution is 0.334. The Morgan fingerprint density at radius 3 is 2.86 bits per heavy atom. The molecular formula is C12H11NO. The van der Waals surface area contributed by atoms with E-state index in [4.69, 9.17) is 4.74 Å². The molecule has 1 aromatic carbocycles. The molecule has 1 aliphatic rings. The van der Waals surface area contributed by atoms with E-state index in [-0.39, 0.29) is 6.04 Å². The van der Waals surface area contributed by atoms with Gasteiger partial charge in [0, 0.05) is 5.56 Å². The van der Waals surface area contributed by atoms with Crippen molar-refractivity contribution in [2.75, 3.05) is 6.61 Å². The molecule has 0 bridgehead atoms. The van der Waals surface area contributed by atoms with Crippen molar-refractivity contribution in [1.29, 1.82) is 0 Å². The summed E-state index contributed by atoms with van der Waals surface area (Å²) in [6, 6.07) is 9.90. The molecule has 0 amide bonds. The van der Waals surface area contributed by atoms with Crippen LogP contribution in [0.15, 0.2) is 35.3 Å². The zero-order chi connectivity index (χ0) is 9.80. The third kappa shape index (κ3) is 1.77. The minimum atomic E-state index is 0.00945. The van der Waals surface area contributed by atoms with Crippen molar-refractivity contribution in [3.8, 4) is 11.8 Å². The van der Waals surface area contributed by atoms with Crippen molar-refractivity contribution >= 4 is 5.90 Å². The Labute approximate surface area is 83.6 Å². The molecule has 2 rings (SSSR count). The summed E-state index contributed by atoms with van der Waals surface area (Å²) in [5, 5.41) is 0. The van der Waals surface area contributed by atoms with Crippen molar-refractivity contribution in [2.24, 2.45) is 4.99 Å². The van der Waals surface area contributed by atoms with Gasteiger partial charge in [0.1, 0.15) is 12.6 Å². The molecule has 2 heteroatoms. The Kier molecular flexibility index (Phi) is 2.51. The lowest BCUT2D eigenvalue weighted by Gasteiger charge is -1.98. The van der Waals surface area contributed by atoms with E-state index in [0.29, 0.717) is 12.5 Å². The molecule has 0 saturated carbocycles. The van der Waals surface area contributed by atoms with Crippen LogP contribution >= 0.6 is 0 Å². The normalized spacial score (nSPS) is 19.2. The van der Waals surface area contributed by atoms with Crippen LogP contribution in [0.1, 0.15) is 12.5 Å². The molecule has 2 nitrogen and oxygen atoms in total. The minimum absolute atomic E-state index is 0.00945. The molecule has 0 unspecified atom stereocenters. The molecule has 0 aromatic heterocycles. The fourth-order valence-corrected chi connectivity index (χ4v) is 1.35. The molecule has 1 atom stereocenters. The Morgan fingerprint density at radius 2 is 2.14 bits per heavy atom. The van der Waals surface area contributed by atoms with Gasteiger partial charge in [-0.25, -0.2) is 4.99 Å². The van der Waals surface area contributed by atoms with E-state index >= 15 is 0 Å². The third-order valence-electron chi connectivity index (χ3n) is 1.98. The summed E-state index contributed by atoms with van der Waals surface area (Å²) in [6.07, 6.45) is 0. The van der Waals surface area contributed by atoms with Gasteiger partial charge in [0.25, 0.3) is 0 Å². The molecule has 1 aromatic rings. The Hall–Kier alpha value is -1.75. The zero-order valence-corrected chi connectivity index (χ0v) is 8.03. The highest BCUT2D eigenvalue weighted by Gasteiger charge is 2.17. The molecular weight excluding hydrogens is 174 g/mol. The number of hydrogen-bond donors (Lipinski definition) is 0. The first-order valence-electron chi connectivity index (χ1n) is 4.58. The predicted octanol–water partition coefficient (Wildman–Crippen LogP) is 1.86. The standard InChI is InChI=1S/C12H11NO/c1-2-6-11-9-14-12(13-11)10-7-4-3-5-8-10/h3-5,7-8,11H,9H2,1H3/t11-/m1/s1. The Morgan fingerprint density at radius 1 is 1.36 bits per heavy atom. The van der Waals surface area contributed by atoms with Crippen LogP contribution in [0.2, 0.25) is 0 Å². The van der Waals surface area contributed by atoms with Crippen LogP contribution in [0, 0.1) is 11.8 Å². The summed E-state index contributed by atoms with van der Waals surface area (Å²) >= 11 is 0. The van der Waals surface area contributed by atoms with E-state index in [0.717, 1.165) is 5.56 Å². The van der Waals surface area contributed by atoms with Gasteiger partial charge in [0.2, 0.25) is 5.90 Å². The van der Waals surface area contributed by atoms with Gasteiger partial charge in [0.15, 0.2) is 0 Å². The topological polar surface area (TPSA) is 21.6 Å². The lowest BCUT2D eigenvalue weighted by Crippen LogP contribution is -2.02. The van der Waals surface area contributed by atoms with E-state index in [1.165, 1.54) is 0 Å². The highest BCUT2D eigenvalue weighted by atomic mass is 16.5. The van der Waals surface area contributed by atoms with Crippen LogP contribution in [-0.2, 0) is 4.74 Å². The first-order chi connectivity index (χ1) is 6.90. The molecule has 1 aliphatic heterocycles. The molecule has 1 heterocycles. The quantitative estimate of drug-likeness (QED) is 0.612. The molecule has 14 heavy (non-hydrogen) atoms. The lowest BCUT2D eigenvalue weighted by atomic mass is 10.2. The second-order valence-electron chi connectivity index (χ2n) is 3.02. The van der Waals surface area contributed by atoms with Gasteiger partial charge < -0.3 is 4.74 Å². The average Bonchev–Trinajstić information content (AvgIpc) is 2.68. The largest absolute Gasteiger partial charge is 0.474 e. The zero-order valence-electron chi connectivity index (χ0n) is 8.03. The molecule has 0 aliphatic carbocycles. The van der Waals surface area contributed by atoms with Crippen LogP contribution in [-0.4, -0.2) is 18.5 Å². The second kappa shape index (κ2) is 3.97. The maximum absolute atomic E-state index is 5.45. The fourth-order valence-electron chi connectivity index (χ4n) is 1.35. The van der Waals surface area contributed by atoms with Gasteiger partial charge in [-0.05, 0) is 19.1 Å². The van der Waals surface area contributed by atoms with E-state index in [2.05, 4.69) is 16.8 Å². The number of nitrogens with zero attached hydrogens (tertiary/aromatic N) is 1. The Balaban J connectivity index is 2.21. The van der Waals surface area contributed by atoms with Crippen molar-refractivity contribution in [1.82, 2.24) is 0 Å².